The lowest BCUT2D eigenvalue weighted by atomic mass is 9.98. The van der Waals surface area contributed by atoms with Gasteiger partial charge in [0.25, 0.3) is 0 Å². The van der Waals surface area contributed by atoms with Crippen molar-refractivity contribution in [3.05, 3.63) is 0 Å². The molecule has 0 radical (unpaired) electrons. The number of hydrogen-bond donors (Lipinski definition) is 1. The molecule has 1 unspecified atom stereocenters. The van der Waals surface area contributed by atoms with Crippen LogP contribution in [-0.2, 0) is 14.3 Å². The maximum absolute atomic E-state index is 11.8. The van der Waals surface area contributed by atoms with E-state index in [4.69, 9.17) is 9.47 Å². The Bertz CT molecular complexity index is 357. The average Bonchev–Trinajstić information content (AvgIpc) is 2.85. The lowest BCUT2D eigenvalue weighted by molar-refractivity contribution is -0.201. The first-order valence-corrected chi connectivity index (χ1v) is 8.50. The van der Waals surface area contributed by atoms with Crippen LogP contribution in [0.1, 0.15) is 44.9 Å². The van der Waals surface area contributed by atoms with Crippen LogP contribution < -0.4 is 5.32 Å². The lowest BCUT2D eigenvalue weighted by Crippen LogP contribution is -2.50. The van der Waals surface area contributed by atoms with E-state index in [0.29, 0.717) is 12.5 Å². The topological polar surface area (TPSA) is 50.8 Å². The molecule has 120 valence electrons. The van der Waals surface area contributed by atoms with Gasteiger partial charge in [0.15, 0.2) is 0 Å². The second-order valence-corrected chi connectivity index (χ2v) is 6.77. The van der Waals surface area contributed by atoms with Crippen LogP contribution in [0.3, 0.4) is 0 Å². The summed E-state index contributed by atoms with van der Waals surface area (Å²) >= 11 is 0. The Labute approximate surface area is 127 Å². The molecule has 1 atom stereocenters. The first-order valence-electron chi connectivity index (χ1n) is 8.50. The summed E-state index contributed by atoms with van der Waals surface area (Å²) in [7, 11) is 0. The average molecular weight is 296 g/mol. The molecule has 0 aliphatic carbocycles. The van der Waals surface area contributed by atoms with E-state index in [2.05, 4.69) is 10.2 Å². The lowest BCUT2D eigenvalue weighted by Gasteiger charge is -2.38. The van der Waals surface area contributed by atoms with Gasteiger partial charge in [0.1, 0.15) is 5.60 Å². The van der Waals surface area contributed by atoms with Gasteiger partial charge in [-0.05, 0) is 32.2 Å². The quantitative estimate of drug-likeness (QED) is 0.835. The molecule has 0 aromatic heterocycles. The van der Waals surface area contributed by atoms with Crippen molar-refractivity contribution in [1.82, 2.24) is 10.2 Å². The van der Waals surface area contributed by atoms with Crippen LogP contribution in [0.5, 0.6) is 0 Å². The molecule has 3 rings (SSSR count). The SMILES string of the molecule is O=C1CCN(CC2CCC3(COC3)O2)CCCCCCN1. The summed E-state index contributed by atoms with van der Waals surface area (Å²) in [4.78, 5) is 14.2. The van der Waals surface area contributed by atoms with E-state index in [1.807, 2.05) is 0 Å². The summed E-state index contributed by atoms with van der Waals surface area (Å²) in [6.07, 6.45) is 8.01. The Kier molecular flexibility index (Phi) is 5.14. The molecule has 0 saturated carbocycles. The van der Waals surface area contributed by atoms with E-state index in [9.17, 15) is 4.79 Å². The van der Waals surface area contributed by atoms with Crippen molar-refractivity contribution in [2.75, 3.05) is 39.4 Å². The number of carbonyl (C=O) groups is 1. The molecule has 3 aliphatic heterocycles. The largest absolute Gasteiger partial charge is 0.375 e. The van der Waals surface area contributed by atoms with E-state index in [-0.39, 0.29) is 11.5 Å². The molecular formula is C16H28N2O3. The van der Waals surface area contributed by atoms with E-state index in [1.165, 1.54) is 19.3 Å². The highest BCUT2D eigenvalue weighted by Crippen LogP contribution is 2.36. The molecule has 0 aromatic carbocycles. The second-order valence-electron chi connectivity index (χ2n) is 6.77. The number of rotatable bonds is 2. The van der Waals surface area contributed by atoms with Crippen molar-refractivity contribution in [3.8, 4) is 0 Å². The zero-order valence-corrected chi connectivity index (χ0v) is 12.9. The zero-order valence-electron chi connectivity index (χ0n) is 12.9. The van der Waals surface area contributed by atoms with Crippen molar-refractivity contribution in [1.29, 1.82) is 0 Å². The van der Waals surface area contributed by atoms with Gasteiger partial charge in [-0.3, -0.25) is 4.79 Å². The Balaban J connectivity index is 1.48. The monoisotopic (exact) mass is 296 g/mol. The molecule has 5 nitrogen and oxygen atoms in total. The Morgan fingerprint density at radius 1 is 1.19 bits per heavy atom. The Morgan fingerprint density at radius 2 is 2.05 bits per heavy atom. The van der Waals surface area contributed by atoms with Crippen LogP contribution in [0.4, 0.5) is 0 Å². The molecule has 1 amide bonds. The maximum atomic E-state index is 11.8. The van der Waals surface area contributed by atoms with Crippen molar-refractivity contribution >= 4 is 5.91 Å². The standard InChI is InChI=1S/C16H28N2O3/c19-15-6-10-18(9-4-2-1-3-8-17-15)11-14-5-7-16(21-14)12-20-13-16/h14H,1-13H2,(H,17,19). The van der Waals surface area contributed by atoms with Crippen LogP contribution >= 0.6 is 0 Å². The molecule has 3 saturated heterocycles. The molecule has 5 heteroatoms. The normalized spacial score (nSPS) is 31.4. The van der Waals surface area contributed by atoms with Gasteiger partial charge >= 0.3 is 0 Å². The van der Waals surface area contributed by atoms with Gasteiger partial charge in [0.2, 0.25) is 5.91 Å². The minimum absolute atomic E-state index is 0.0383. The summed E-state index contributed by atoms with van der Waals surface area (Å²) < 4.78 is 11.5. The summed E-state index contributed by atoms with van der Waals surface area (Å²) in [5.74, 6) is 0.193. The van der Waals surface area contributed by atoms with Crippen molar-refractivity contribution in [3.63, 3.8) is 0 Å². The van der Waals surface area contributed by atoms with Crippen LogP contribution in [0.15, 0.2) is 0 Å². The highest BCUT2D eigenvalue weighted by atomic mass is 16.6. The second kappa shape index (κ2) is 7.07. The molecule has 3 fully saturated rings. The fourth-order valence-corrected chi connectivity index (χ4v) is 3.54. The summed E-state index contributed by atoms with van der Waals surface area (Å²) in [6, 6.07) is 0. The number of carbonyl (C=O) groups excluding carboxylic acids is 1. The van der Waals surface area contributed by atoms with Crippen molar-refractivity contribution in [2.24, 2.45) is 0 Å². The summed E-state index contributed by atoms with van der Waals surface area (Å²) in [5, 5.41) is 3.01. The molecule has 21 heavy (non-hydrogen) atoms. The molecule has 0 aromatic rings. The number of hydrogen-bond acceptors (Lipinski definition) is 4. The minimum Gasteiger partial charge on any atom is -0.375 e. The molecule has 3 aliphatic rings. The Hall–Kier alpha value is -0.650. The van der Waals surface area contributed by atoms with Crippen molar-refractivity contribution in [2.45, 2.75) is 56.7 Å². The van der Waals surface area contributed by atoms with E-state index in [1.54, 1.807) is 0 Å². The van der Waals surface area contributed by atoms with Crippen LogP contribution in [0.2, 0.25) is 0 Å². The Morgan fingerprint density at radius 3 is 2.81 bits per heavy atom. The van der Waals surface area contributed by atoms with Crippen molar-refractivity contribution < 1.29 is 14.3 Å². The molecule has 0 bridgehead atoms. The number of nitrogens with one attached hydrogen (secondary N) is 1. The number of ether oxygens (including phenoxy) is 2. The van der Waals surface area contributed by atoms with Gasteiger partial charge in [-0.2, -0.15) is 0 Å². The van der Waals surface area contributed by atoms with Gasteiger partial charge in [-0.15, -0.1) is 0 Å². The van der Waals surface area contributed by atoms with Crippen LogP contribution in [0.25, 0.3) is 0 Å². The first-order chi connectivity index (χ1) is 10.3. The van der Waals surface area contributed by atoms with Gasteiger partial charge < -0.3 is 19.7 Å². The smallest absolute Gasteiger partial charge is 0.221 e. The molecule has 1 spiro atoms. The summed E-state index contributed by atoms with van der Waals surface area (Å²) in [5.41, 5.74) is 0.0383. The van der Waals surface area contributed by atoms with Crippen LogP contribution in [0, 0.1) is 0 Å². The predicted molar refractivity (Wildman–Crippen MR) is 80.2 cm³/mol. The zero-order chi connectivity index (χ0) is 14.5. The minimum atomic E-state index is 0.0383. The predicted octanol–water partition coefficient (Wildman–Crippen LogP) is 1.32. The fourth-order valence-electron chi connectivity index (χ4n) is 3.54. The van der Waals surface area contributed by atoms with Crippen LogP contribution in [-0.4, -0.2) is 61.9 Å². The molecular weight excluding hydrogens is 268 g/mol. The molecule has 3 heterocycles. The number of nitrogens with zero attached hydrogens (tertiary/aromatic N) is 1. The van der Waals surface area contributed by atoms with Gasteiger partial charge in [-0.25, -0.2) is 0 Å². The maximum Gasteiger partial charge on any atom is 0.221 e. The highest BCUT2D eigenvalue weighted by molar-refractivity contribution is 5.75. The third-order valence-electron chi connectivity index (χ3n) is 4.91. The van der Waals surface area contributed by atoms with Gasteiger partial charge in [0.05, 0.1) is 19.3 Å². The van der Waals surface area contributed by atoms with E-state index in [0.717, 1.165) is 58.7 Å². The number of amides is 1. The third-order valence-corrected chi connectivity index (χ3v) is 4.91. The van der Waals surface area contributed by atoms with E-state index >= 15 is 0 Å². The molecule has 1 N–H and O–H groups in total. The highest BCUT2D eigenvalue weighted by Gasteiger charge is 2.46. The van der Waals surface area contributed by atoms with Gasteiger partial charge in [-0.1, -0.05) is 12.8 Å². The fraction of sp³-hybridized carbons (Fsp3) is 0.938. The third kappa shape index (κ3) is 4.18. The first kappa shape index (κ1) is 15.3. The van der Waals surface area contributed by atoms with Gasteiger partial charge in [0, 0.05) is 26.1 Å². The summed E-state index contributed by atoms with van der Waals surface area (Å²) in [6.45, 7) is 5.30. The van der Waals surface area contributed by atoms with E-state index < -0.39 is 0 Å².